The molecule has 1 aliphatic rings. The minimum absolute atomic E-state index is 0.0123. The van der Waals surface area contributed by atoms with Gasteiger partial charge in [-0.2, -0.15) is 19.1 Å². The Morgan fingerprint density at radius 3 is 2.59 bits per heavy atom. The van der Waals surface area contributed by atoms with Crippen molar-refractivity contribution in [3.05, 3.63) is 77.1 Å². The number of aromatic nitrogens is 2. The summed E-state index contributed by atoms with van der Waals surface area (Å²) in [4.78, 5) is 38.4. The molecule has 0 fully saturated rings. The summed E-state index contributed by atoms with van der Waals surface area (Å²) < 4.78 is 29.0. The van der Waals surface area contributed by atoms with Gasteiger partial charge in [-0.15, -0.1) is 0 Å². The quantitative estimate of drug-likeness (QED) is 0.595. The highest BCUT2D eigenvalue weighted by molar-refractivity contribution is 6.15. The molecule has 0 aliphatic carbocycles. The van der Waals surface area contributed by atoms with E-state index >= 15 is 0 Å². The van der Waals surface area contributed by atoms with Crippen LogP contribution in [-0.4, -0.2) is 38.7 Å². The molecule has 0 radical (unpaired) electrons. The van der Waals surface area contributed by atoms with Gasteiger partial charge in [0, 0.05) is 16.9 Å². The molecule has 2 heterocycles. The number of benzene rings is 2. The van der Waals surface area contributed by atoms with E-state index in [1.165, 1.54) is 34.0 Å². The van der Waals surface area contributed by atoms with E-state index in [0.29, 0.717) is 11.3 Å². The second-order valence-electron chi connectivity index (χ2n) is 7.69. The molecule has 0 bridgehead atoms. The Balaban J connectivity index is 1.63. The average Bonchev–Trinajstić information content (AvgIpc) is 3.23. The van der Waals surface area contributed by atoms with E-state index in [-0.39, 0.29) is 23.5 Å². The van der Waals surface area contributed by atoms with E-state index in [1.54, 1.807) is 25.1 Å². The lowest BCUT2D eigenvalue weighted by atomic mass is 10.1. The Morgan fingerprint density at radius 2 is 1.94 bits per heavy atom. The first-order valence-electron chi connectivity index (χ1n) is 10.1. The highest BCUT2D eigenvalue weighted by atomic mass is 19.3. The molecule has 0 unspecified atom stereocenters. The van der Waals surface area contributed by atoms with Crippen LogP contribution in [0.4, 0.5) is 20.2 Å². The third kappa shape index (κ3) is 3.86. The first-order chi connectivity index (χ1) is 16.1. The van der Waals surface area contributed by atoms with Crippen LogP contribution >= 0.6 is 0 Å². The number of carboxylic acid groups (broad SMARTS) is 1. The smallest absolute Gasteiger partial charge is 0.379 e. The number of rotatable bonds is 5. The Bertz CT molecular complexity index is 1340. The minimum atomic E-state index is -4.07. The lowest BCUT2D eigenvalue weighted by Crippen LogP contribution is -2.47. The normalized spacial score (nSPS) is 15.4. The van der Waals surface area contributed by atoms with Crippen LogP contribution in [0.1, 0.15) is 38.9 Å². The van der Waals surface area contributed by atoms with Gasteiger partial charge >= 0.3 is 11.9 Å². The zero-order chi connectivity index (χ0) is 24.6. The number of hydrogen-bond acceptors (Lipinski definition) is 5. The number of carboxylic acids is 1. The van der Waals surface area contributed by atoms with E-state index < -0.39 is 35.3 Å². The Hall–Kier alpha value is -4.59. The molecule has 0 spiro atoms. The SMILES string of the molecule is C[C@H]1Cn2ncc(C(=O)Nc3cccc(C#N)c3)c2C(=O)N1c1ccc(C(F)(F)C(=O)O)cc1. The van der Waals surface area contributed by atoms with Gasteiger partial charge in [-0.05, 0) is 37.3 Å². The largest absolute Gasteiger partial charge is 0.477 e. The second kappa shape index (κ2) is 8.40. The molecule has 172 valence electrons. The number of carbonyl (C=O) groups excluding carboxylic acids is 2. The fourth-order valence-electron chi connectivity index (χ4n) is 3.75. The van der Waals surface area contributed by atoms with Crippen LogP contribution in [0.25, 0.3) is 0 Å². The summed E-state index contributed by atoms with van der Waals surface area (Å²) in [6, 6.07) is 12.2. The van der Waals surface area contributed by atoms with Crippen molar-refractivity contribution >= 4 is 29.2 Å². The minimum Gasteiger partial charge on any atom is -0.477 e. The summed E-state index contributed by atoms with van der Waals surface area (Å²) in [7, 11) is 0. The molecule has 0 saturated carbocycles. The number of nitrogens with one attached hydrogen (secondary N) is 1. The average molecular weight is 465 g/mol. The van der Waals surface area contributed by atoms with E-state index in [0.717, 1.165) is 12.1 Å². The Labute approximate surface area is 191 Å². The summed E-state index contributed by atoms with van der Waals surface area (Å²) in [5.74, 6) is -7.51. The van der Waals surface area contributed by atoms with Crippen molar-refractivity contribution in [1.82, 2.24) is 9.78 Å². The third-order valence-corrected chi connectivity index (χ3v) is 5.41. The fourth-order valence-corrected chi connectivity index (χ4v) is 3.75. The number of amides is 2. The van der Waals surface area contributed by atoms with E-state index in [2.05, 4.69) is 10.4 Å². The van der Waals surface area contributed by atoms with Crippen molar-refractivity contribution in [2.75, 3.05) is 10.2 Å². The first kappa shape index (κ1) is 22.6. The summed E-state index contributed by atoms with van der Waals surface area (Å²) >= 11 is 0. The predicted molar refractivity (Wildman–Crippen MR) is 116 cm³/mol. The maximum atomic E-state index is 13.8. The van der Waals surface area contributed by atoms with Crippen molar-refractivity contribution < 1.29 is 28.3 Å². The van der Waals surface area contributed by atoms with Gasteiger partial charge in [0.05, 0.1) is 36.0 Å². The van der Waals surface area contributed by atoms with Gasteiger partial charge in [-0.3, -0.25) is 14.3 Å². The molecule has 34 heavy (non-hydrogen) atoms. The van der Waals surface area contributed by atoms with Gasteiger partial charge in [0.2, 0.25) is 0 Å². The highest BCUT2D eigenvalue weighted by Crippen LogP contribution is 2.32. The van der Waals surface area contributed by atoms with E-state index in [9.17, 15) is 23.2 Å². The summed E-state index contributed by atoms with van der Waals surface area (Å²) in [5, 5.41) is 24.5. The molecule has 4 rings (SSSR count). The van der Waals surface area contributed by atoms with Gasteiger partial charge in [0.1, 0.15) is 5.69 Å². The predicted octanol–water partition coefficient (Wildman–Crippen LogP) is 3.23. The monoisotopic (exact) mass is 465 g/mol. The molecule has 2 aromatic carbocycles. The molecule has 11 heteroatoms. The molecule has 2 N–H and O–H groups in total. The number of fused-ring (bicyclic) bond motifs is 1. The first-order valence-corrected chi connectivity index (χ1v) is 10.1. The maximum Gasteiger partial charge on any atom is 0.379 e. The Morgan fingerprint density at radius 1 is 1.24 bits per heavy atom. The molecular weight excluding hydrogens is 448 g/mol. The van der Waals surface area contributed by atoms with Crippen LogP contribution in [0.5, 0.6) is 0 Å². The second-order valence-corrected chi connectivity index (χ2v) is 7.69. The van der Waals surface area contributed by atoms with Gasteiger partial charge in [0.25, 0.3) is 11.8 Å². The van der Waals surface area contributed by atoms with Crippen LogP contribution in [0.2, 0.25) is 0 Å². The molecule has 3 aromatic rings. The molecule has 2 amide bonds. The van der Waals surface area contributed by atoms with Gasteiger partial charge in [0.15, 0.2) is 0 Å². The number of alkyl halides is 2. The van der Waals surface area contributed by atoms with Crippen LogP contribution in [-0.2, 0) is 17.3 Å². The lowest BCUT2D eigenvalue weighted by Gasteiger charge is -2.34. The number of hydrogen-bond donors (Lipinski definition) is 2. The van der Waals surface area contributed by atoms with Gasteiger partial charge < -0.3 is 15.3 Å². The van der Waals surface area contributed by atoms with Crippen molar-refractivity contribution in [1.29, 1.82) is 5.26 Å². The summed E-state index contributed by atoms with van der Waals surface area (Å²) in [6.07, 6.45) is 1.27. The zero-order valence-electron chi connectivity index (χ0n) is 17.7. The van der Waals surface area contributed by atoms with Crippen molar-refractivity contribution in [3.8, 4) is 6.07 Å². The third-order valence-electron chi connectivity index (χ3n) is 5.41. The van der Waals surface area contributed by atoms with Crippen LogP contribution in [0.15, 0.2) is 54.7 Å². The van der Waals surface area contributed by atoms with Crippen LogP contribution in [0.3, 0.4) is 0 Å². The molecule has 9 nitrogen and oxygen atoms in total. The summed E-state index contributed by atoms with van der Waals surface area (Å²) in [6.45, 7) is 1.97. The van der Waals surface area contributed by atoms with Crippen molar-refractivity contribution in [2.24, 2.45) is 0 Å². The van der Waals surface area contributed by atoms with Gasteiger partial charge in [-0.1, -0.05) is 18.2 Å². The maximum absolute atomic E-state index is 13.8. The number of nitriles is 1. The van der Waals surface area contributed by atoms with Crippen molar-refractivity contribution in [2.45, 2.75) is 25.4 Å². The number of halogens is 2. The topological polar surface area (TPSA) is 128 Å². The van der Waals surface area contributed by atoms with E-state index in [1.807, 2.05) is 6.07 Å². The van der Waals surface area contributed by atoms with Crippen LogP contribution < -0.4 is 10.2 Å². The fraction of sp³-hybridized carbons (Fsp3) is 0.174. The lowest BCUT2D eigenvalue weighted by molar-refractivity contribution is -0.166. The molecule has 0 saturated heterocycles. The number of carbonyl (C=O) groups is 3. The number of nitrogens with zero attached hydrogens (tertiary/aromatic N) is 4. The Kier molecular flexibility index (Phi) is 5.58. The number of aliphatic carboxylic acids is 1. The number of anilines is 2. The molecular formula is C23H17F2N5O4. The molecule has 1 aromatic heterocycles. The molecule has 1 aliphatic heterocycles. The standard InChI is InChI=1S/C23H17F2N5O4/c1-13-12-29-19(18(11-27-29)20(31)28-16-4-2-3-14(9-16)10-26)21(32)30(13)17-7-5-15(6-8-17)23(24,25)22(33)34/h2-9,11,13H,12H2,1H3,(H,28,31)(H,33,34)/t13-/m0/s1. The zero-order valence-corrected chi connectivity index (χ0v) is 17.7. The molecule has 1 atom stereocenters. The van der Waals surface area contributed by atoms with Crippen LogP contribution in [0, 0.1) is 11.3 Å². The van der Waals surface area contributed by atoms with Gasteiger partial charge in [-0.25, -0.2) is 4.79 Å². The summed E-state index contributed by atoms with van der Waals surface area (Å²) in [5.41, 5.74) is 0.300. The van der Waals surface area contributed by atoms with Crippen molar-refractivity contribution in [3.63, 3.8) is 0 Å². The van der Waals surface area contributed by atoms with E-state index in [4.69, 9.17) is 10.4 Å². The highest BCUT2D eigenvalue weighted by Gasteiger charge is 2.41.